The number of ether oxygens (including phenoxy) is 2. The van der Waals surface area contributed by atoms with Crippen molar-refractivity contribution in [1.29, 1.82) is 0 Å². The van der Waals surface area contributed by atoms with Gasteiger partial charge < -0.3 is 9.47 Å². The number of allylic oxidation sites excluding steroid dienone is 4. The van der Waals surface area contributed by atoms with Crippen molar-refractivity contribution in [1.82, 2.24) is 0 Å². The molecule has 0 aliphatic carbocycles. The van der Waals surface area contributed by atoms with Crippen molar-refractivity contribution < 1.29 is 14.3 Å². The van der Waals surface area contributed by atoms with E-state index < -0.39 is 0 Å². The lowest BCUT2D eigenvalue weighted by Gasteiger charge is -2.03. The van der Waals surface area contributed by atoms with Crippen molar-refractivity contribution in [2.24, 2.45) is 0 Å². The Morgan fingerprint density at radius 2 is 1.69 bits per heavy atom. The van der Waals surface area contributed by atoms with Crippen LogP contribution < -0.4 is 0 Å². The Labute approximate surface area is 158 Å². The van der Waals surface area contributed by atoms with Gasteiger partial charge in [-0.05, 0) is 52.0 Å². The molecule has 0 amide bonds. The van der Waals surface area contributed by atoms with Crippen molar-refractivity contribution in [2.45, 2.75) is 53.1 Å². The lowest BCUT2D eigenvalue weighted by Crippen LogP contribution is -1.98. The Kier molecular flexibility index (Phi) is 11.9. The molecule has 0 unspecified atom stereocenters. The molecule has 3 heteroatoms. The van der Waals surface area contributed by atoms with Crippen LogP contribution in [0.3, 0.4) is 0 Å². The molecule has 0 saturated carbocycles. The number of carbonyl (C=O) groups excluding carboxylic acids is 1. The molecular weight excluding hydrogens is 324 g/mol. The Hall–Kier alpha value is -2.13. The summed E-state index contributed by atoms with van der Waals surface area (Å²) in [7, 11) is 0. The minimum absolute atomic E-state index is 0.260. The van der Waals surface area contributed by atoms with E-state index in [2.05, 4.69) is 38.1 Å². The lowest BCUT2D eigenvalue weighted by molar-refractivity contribution is -0.137. The summed E-state index contributed by atoms with van der Waals surface area (Å²) >= 11 is 0. The molecule has 0 bridgehead atoms. The van der Waals surface area contributed by atoms with Crippen LogP contribution in [0.4, 0.5) is 0 Å². The minimum Gasteiger partial charge on any atom is -0.463 e. The molecule has 0 fully saturated rings. The van der Waals surface area contributed by atoms with Crippen LogP contribution in [0, 0.1) is 0 Å². The number of hydrogen-bond acceptors (Lipinski definition) is 3. The topological polar surface area (TPSA) is 35.5 Å². The summed E-state index contributed by atoms with van der Waals surface area (Å²) in [5.74, 6) is -0.260. The molecule has 0 heterocycles. The second-order valence-corrected chi connectivity index (χ2v) is 6.33. The summed E-state index contributed by atoms with van der Waals surface area (Å²) in [6, 6.07) is 10.2. The lowest BCUT2D eigenvalue weighted by atomic mass is 10.1. The first kappa shape index (κ1) is 21.9. The molecule has 0 aliphatic heterocycles. The Balaban J connectivity index is 2.15. The predicted molar refractivity (Wildman–Crippen MR) is 108 cm³/mol. The molecule has 0 saturated heterocycles. The number of hydrogen-bond donors (Lipinski definition) is 0. The van der Waals surface area contributed by atoms with Crippen LogP contribution in [0.15, 0.2) is 65.8 Å². The average Bonchev–Trinajstić information content (AvgIpc) is 2.63. The highest BCUT2D eigenvalue weighted by molar-refractivity contribution is 5.81. The molecule has 0 radical (unpaired) electrons. The third kappa shape index (κ3) is 11.4. The first-order valence-corrected chi connectivity index (χ1v) is 9.38. The molecular formula is C23H32O3. The smallest absolute Gasteiger partial charge is 0.330 e. The summed E-state index contributed by atoms with van der Waals surface area (Å²) < 4.78 is 10.5. The third-order valence-electron chi connectivity index (χ3n) is 3.94. The maximum absolute atomic E-state index is 11.2. The van der Waals surface area contributed by atoms with Gasteiger partial charge in [0.15, 0.2) is 0 Å². The van der Waals surface area contributed by atoms with Gasteiger partial charge in [0, 0.05) is 6.08 Å². The van der Waals surface area contributed by atoms with Gasteiger partial charge >= 0.3 is 5.97 Å². The quantitative estimate of drug-likeness (QED) is 0.206. The zero-order chi connectivity index (χ0) is 19.0. The van der Waals surface area contributed by atoms with Gasteiger partial charge in [-0.25, -0.2) is 4.79 Å². The molecule has 1 aromatic carbocycles. The third-order valence-corrected chi connectivity index (χ3v) is 3.94. The van der Waals surface area contributed by atoms with Crippen LogP contribution in [0.5, 0.6) is 0 Å². The largest absolute Gasteiger partial charge is 0.463 e. The molecule has 1 rings (SSSR count). The molecule has 1 aromatic rings. The first-order chi connectivity index (χ1) is 12.6. The van der Waals surface area contributed by atoms with E-state index in [1.165, 1.54) is 22.8 Å². The van der Waals surface area contributed by atoms with Crippen molar-refractivity contribution >= 4 is 5.97 Å². The van der Waals surface area contributed by atoms with E-state index in [0.717, 1.165) is 25.7 Å². The maximum Gasteiger partial charge on any atom is 0.330 e. The standard InChI is InChI=1S/C23H32O3/c1-4-26-23(24)16-9-8-11-20(2)12-10-13-21(3)17-18-25-19-22-14-6-5-7-15-22/h5-7,9,12,14-17H,4,8,10-11,13,18-19H2,1-3H3/b16-9+,20-12+,21-17+. The second kappa shape index (κ2) is 14.1. The van der Waals surface area contributed by atoms with Gasteiger partial charge in [0.1, 0.15) is 0 Å². The zero-order valence-corrected chi connectivity index (χ0v) is 16.4. The molecule has 0 N–H and O–H groups in total. The fourth-order valence-electron chi connectivity index (χ4n) is 2.38. The van der Waals surface area contributed by atoms with Crippen LogP contribution in [0.1, 0.15) is 52.0 Å². The molecule has 0 spiro atoms. The molecule has 3 nitrogen and oxygen atoms in total. The molecule has 26 heavy (non-hydrogen) atoms. The first-order valence-electron chi connectivity index (χ1n) is 9.38. The van der Waals surface area contributed by atoms with Gasteiger partial charge in [-0.1, -0.05) is 59.7 Å². The van der Waals surface area contributed by atoms with E-state index in [1.54, 1.807) is 0 Å². The van der Waals surface area contributed by atoms with Gasteiger partial charge in [0.25, 0.3) is 0 Å². The molecule has 0 atom stereocenters. The van der Waals surface area contributed by atoms with Crippen LogP contribution in [0.2, 0.25) is 0 Å². The molecule has 142 valence electrons. The van der Waals surface area contributed by atoms with Gasteiger partial charge in [-0.2, -0.15) is 0 Å². The second-order valence-electron chi connectivity index (χ2n) is 6.33. The predicted octanol–water partition coefficient (Wildman–Crippen LogP) is 5.78. The monoisotopic (exact) mass is 356 g/mol. The van der Waals surface area contributed by atoms with Crippen molar-refractivity contribution in [2.75, 3.05) is 13.2 Å². The van der Waals surface area contributed by atoms with Crippen LogP contribution in [-0.4, -0.2) is 19.2 Å². The van der Waals surface area contributed by atoms with Crippen molar-refractivity contribution in [3.8, 4) is 0 Å². The average molecular weight is 357 g/mol. The van der Waals surface area contributed by atoms with E-state index in [4.69, 9.17) is 9.47 Å². The summed E-state index contributed by atoms with van der Waals surface area (Å²) in [4.78, 5) is 11.2. The Morgan fingerprint density at radius 1 is 1.00 bits per heavy atom. The van der Waals surface area contributed by atoms with E-state index in [1.807, 2.05) is 31.2 Å². The molecule has 0 aromatic heterocycles. The Morgan fingerprint density at radius 3 is 2.42 bits per heavy atom. The SMILES string of the molecule is CCOC(=O)/C=C/CC/C(C)=C/CC/C(C)=C/COCc1ccccc1. The number of esters is 1. The number of carbonyl (C=O) groups is 1. The highest BCUT2D eigenvalue weighted by atomic mass is 16.5. The van der Waals surface area contributed by atoms with Gasteiger partial charge in [-0.15, -0.1) is 0 Å². The van der Waals surface area contributed by atoms with Crippen LogP contribution in [0.25, 0.3) is 0 Å². The van der Waals surface area contributed by atoms with E-state index in [9.17, 15) is 4.79 Å². The summed E-state index contributed by atoms with van der Waals surface area (Å²) in [6.07, 6.45) is 11.7. The summed E-state index contributed by atoms with van der Waals surface area (Å²) in [5, 5.41) is 0. The number of rotatable bonds is 12. The van der Waals surface area contributed by atoms with Crippen LogP contribution >= 0.6 is 0 Å². The highest BCUT2D eigenvalue weighted by Crippen LogP contribution is 2.11. The zero-order valence-electron chi connectivity index (χ0n) is 16.4. The normalized spacial score (nSPS) is 12.6. The minimum atomic E-state index is -0.260. The Bertz CT molecular complexity index is 597. The fraction of sp³-hybridized carbons (Fsp3) is 0.435. The van der Waals surface area contributed by atoms with Crippen molar-refractivity contribution in [3.05, 3.63) is 71.3 Å². The van der Waals surface area contributed by atoms with Crippen LogP contribution in [-0.2, 0) is 20.9 Å². The van der Waals surface area contributed by atoms with Gasteiger partial charge in [0.05, 0.1) is 19.8 Å². The van der Waals surface area contributed by atoms with Gasteiger partial charge in [0.2, 0.25) is 0 Å². The summed E-state index contributed by atoms with van der Waals surface area (Å²) in [5.41, 5.74) is 3.91. The highest BCUT2D eigenvalue weighted by Gasteiger charge is 1.95. The van der Waals surface area contributed by atoms with Gasteiger partial charge in [-0.3, -0.25) is 0 Å². The number of benzene rings is 1. The fourth-order valence-corrected chi connectivity index (χ4v) is 2.38. The van der Waals surface area contributed by atoms with E-state index in [0.29, 0.717) is 19.8 Å². The van der Waals surface area contributed by atoms with E-state index >= 15 is 0 Å². The maximum atomic E-state index is 11.2. The van der Waals surface area contributed by atoms with E-state index in [-0.39, 0.29) is 5.97 Å². The van der Waals surface area contributed by atoms with Crippen molar-refractivity contribution in [3.63, 3.8) is 0 Å². The molecule has 0 aliphatic rings. The summed E-state index contributed by atoms with van der Waals surface area (Å²) in [6.45, 7) is 7.83.